The second-order valence-electron chi connectivity index (χ2n) is 8.52. The predicted octanol–water partition coefficient (Wildman–Crippen LogP) is 5.61. The van der Waals surface area contributed by atoms with Crippen LogP contribution in [0.4, 0.5) is 0 Å². The molecule has 0 atom stereocenters. The minimum Gasteiger partial charge on any atom is -0.347 e. The molecule has 0 N–H and O–H groups in total. The highest BCUT2D eigenvalue weighted by Crippen LogP contribution is 2.20. The van der Waals surface area contributed by atoms with Gasteiger partial charge < -0.3 is 9.47 Å². The fraction of sp³-hybridized carbons (Fsp3) is 0.250. The Morgan fingerprint density at radius 3 is 2.32 bits per heavy atom. The van der Waals surface area contributed by atoms with Gasteiger partial charge in [-0.2, -0.15) is 0 Å². The molecule has 4 aromatic rings. The van der Waals surface area contributed by atoms with Gasteiger partial charge in [-0.05, 0) is 73.8 Å². The number of benzene rings is 3. The smallest absolute Gasteiger partial charge is 0.167 e. The van der Waals surface area contributed by atoms with Crippen molar-refractivity contribution in [3.05, 3.63) is 107 Å². The molecule has 3 heteroatoms. The van der Waals surface area contributed by atoms with Crippen molar-refractivity contribution in [2.45, 2.75) is 25.8 Å². The van der Waals surface area contributed by atoms with Crippen molar-refractivity contribution >= 4 is 16.7 Å². The topological polar surface area (TPSA) is 25.2 Å². The summed E-state index contributed by atoms with van der Waals surface area (Å²) in [6, 6.07) is 26.9. The molecule has 3 aromatic carbocycles. The van der Waals surface area contributed by atoms with Gasteiger partial charge in [-0.25, -0.2) is 0 Å². The van der Waals surface area contributed by atoms with Crippen molar-refractivity contribution in [2.75, 3.05) is 20.6 Å². The summed E-state index contributed by atoms with van der Waals surface area (Å²) >= 11 is 0. The van der Waals surface area contributed by atoms with Gasteiger partial charge in [0, 0.05) is 30.2 Å². The molecule has 0 aliphatic rings. The Morgan fingerprint density at radius 2 is 1.58 bits per heavy atom. The first kappa shape index (κ1) is 21.1. The SMILES string of the molecule is CN(C)CCCn1ccc2cc(Cc3ccc(C(=O)Cc4ccccc4)cc3)ccc21. The fourth-order valence-electron chi connectivity index (χ4n) is 4.04. The van der Waals surface area contributed by atoms with E-state index in [1.54, 1.807) is 0 Å². The van der Waals surface area contributed by atoms with Crippen LogP contribution in [-0.2, 0) is 19.4 Å². The normalized spacial score (nSPS) is 11.3. The van der Waals surface area contributed by atoms with Crippen molar-refractivity contribution in [1.29, 1.82) is 0 Å². The van der Waals surface area contributed by atoms with Crippen LogP contribution >= 0.6 is 0 Å². The molecule has 0 unspecified atom stereocenters. The fourth-order valence-corrected chi connectivity index (χ4v) is 4.04. The van der Waals surface area contributed by atoms with Crippen molar-refractivity contribution in [3.8, 4) is 0 Å². The number of nitrogens with zero attached hydrogens (tertiary/aromatic N) is 2. The molecular formula is C28H30N2O. The maximum atomic E-state index is 12.5. The molecule has 31 heavy (non-hydrogen) atoms. The maximum Gasteiger partial charge on any atom is 0.167 e. The third-order valence-electron chi connectivity index (χ3n) is 5.73. The summed E-state index contributed by atoms with van der Waals surface area (Å²) < 4.78 is 2.34. The number of hydrogen-bond acceptors (Lipinski definition) is 2. The zero-order chi connectivity index (χ0) is 21.6. The molecule has 0 aliphatic carbocycles. The molecule has 4 rings (SSSR count). The van der Waals surface area contributed by atoms with Crippen LogP contribution in [0.25, 0.3) is 10.9 Å². The Labute approximate surface area is 184 Å². The van der Waals surface area contributed by atoms with Crippen LogP contribution in [0.5, 0.6) is 0 Å². The number of aryl methyl sites for hydroxylation is 1. The lowest BCUT2D eigenvalue weighted by atomic mass is 9.99. The first-order chi connectivity index (χ1) is 15.1. The molecular weight excluding hydrogens is 380 g/mol. The third-order valence-corrected chi connectivity index (χ3v) is 5.73. The van der Waals surface area contributed by atoms with E-state index in [1.807, 2.05) is 42.5 Å². The van der Waals surface area contributed by atoms with E-state index in [-0.39, 0.29) is 5.78 Å². The van der Waals surface area contributed by atoms with Crippen LogP contribution in [0, 0.1) is 0 Å². The van der Waals surface area contributed by atoms with E-state index in [1.165, 1.54) is 22.0 Å². The molecule has 0 amide bonds. The summed E-state index contributed by atoms with van der Waals surface area (Å²) in [5, 5.41) is 1.29. The van der Waals surface area contributed by atoms with Gasteiger partial charge in [-0.3, -0.25) is 4.79 Å². The monoisotopic (exact) mass is 410 g/mol. The standard InChI is InChI=1S/C28H30N2O/c1-29(2)16-6-17-30-18-15-26-20-24(11-14-27(26)30)19-23-9-12-25(13-10-23)28(31)21-22-7-4-3-5-8-22/h3-5,7-15,18,20H,6,16-17,19,21H2,1-2H3. The van der Waals surface area contributed by atoms with E-state index in [0.717, 1.165) is 37.1 Å². The molecule has 0 spiro atoms. The van der Waals surface area contributed by atoms with Crippen molar-refractivity contribution in [2.24, 2.45) is 0 Å². The molecule has 1 aromatic heterocycles. The molecule has 3 nitrogen and oxygen atoms in total. The van der Waals surface area contributed by atoms with E-state index in [9.17, 15) is 4.79 Å². The van der Waals surface area contributed by atoms with Gasteiger partial charge in [0.15, 0.2) is 5.78 Å². The molecule has 0 saturated heterocycles. The number of hydrogen-bond donors (Lipinski definition) is 0. The number of rotatable bonds is 9. The average Bonchev–Trinajstić information content (AvgIpc) is 3.17. The quantitative estimate of drug-likeness (QED) is 0.335. The zero-order valence-corrected chi connectivity index (χ0v) is 18.4. The van der Waals surface area contributed by atoms with E-state index in [4.69, 9.17) is 0 Å². The number of Topliss-reactive ketones (excluding diaryl/α,β-unsaturated/α-hetero) is 1. The number of ketones is 1. The Hall–Kier alpha value is -3.17. The lowest BCUT2D eigenvalue weighted by molar-refractivity contribution is 0.0993. The molecule has 0 fully saturated rings. The van der Waals surface area contributed by atoms with Gasteiger partial charge in [0.05, 0.1) is 0 Å². The summed E-state index contributed by atoms with van der Waals surface area (Å²) in [4.78, 5) is 14.8. The van der Waals surface area contributed by atoms with Gasteiger partial charge in [0.2, 0.25) is 0 Å². The average molecular weight is 411 g/mol. The first-order valence-electron chi connectivity index (χ1n) is 11.0. The van der Waals surface area contributed by atoms with Crippen LogP contribution in [0.15, 0.2) is 85.1 Å². The van der Waals surface area contributed by atoms with Crippen molar-refractivity contribution in [3.63, 3.8) is 0 Å². The number of fused-ring (bicyclic) bond motifs is 1. The summed E-state index contributed by atoms with van der Waals surface area (Å²) in [6.07, 6.45) is 4.66. The first-order valence-corrected chi connectivity index (χ1v) is 11.0. The van der Waals surface area contributed by atoms with E-state index in [2.05, 4.69) is 66.2 Å². The van der Waals surface area contributed by atoms with E-state index in [0.29, 0.717) is 6.42 Å². The molecule has 0 radical (unpaired) electrons. The van der Waals surface area contributed by atoms with Crippen LogP contribution in [0.3, 0.4) is 0 Å². The molecule has 158 valence electrons. The molecule has 0 saturated carbocycles. The number of carbonyl (C=O) groups excluding carboxylic acids is 1. The van der Waals surface area contributed by atoms with Gasteiger partial charge in [-0.1, -0.05) is 60.7 Å². The minimum atomic E-state index is 0.162. The third kappa shape index (κ3) is 5.50. The van der Waals surface area contributed by atoms with Crippen LogP contribution in [-0.4, -0.2) is 35.9 Å². The Balaban J connectivity index is 1.40. The Morgan fingerprint density at radius 1 is 0.839 bits per heavy atom. The van der Waals surface area contributed by atoms with Crippen LogP contribution in [0.2, 0.25) is 0 Å². The van der Waals surface area contributed by atoms with Gasteiger partial charge >= 0.3 is 0 Å². The largest absolute Gasteiger partial charge is 0.347 e. The van der Waals surface area contributed by atoms with Gasteiger partial charge in [-0.15, -0.1) is 0 Å². The number of carbonyl (C=O) groups is 1. The summed E-state index contributed by atoms with van der Waals surface area (Å²) in [6.45, 7) is 2.14. The van der Waals surface area contributed by atoms with E-state index < -0.39 is 0 Å². The predicted molar refractivity (Wildman–Crippen MR) is 129 cm³/mol. The summed E-state index contributed by atoms with van der Waals surface area (Å²) in [5.41, 5.74) is 5.64. The lowest BCUT2D eigenvalue weighted by Crippen LogP contribution is -2.14. The van der Waals surface area contributed by atoms with Crippen molar-refractivity contribution < 1.29 is 4.79 Å². The van der Waals surface area contributed by atoms with Crippen molar-refractivity contribution in [1.82, 2.24) is 9.47 Å². The molecule has 1 heterocycles. The molecule has 0 aliphatic heterocycles. The van der Waals surface area contributed by atoms with Crippen LogP contribution < -0.4 is 0 Å². The maximum absolute atomic E-state index is 12.5. The highest BCUT2D eigenvalue weighted by Gasteiger charge is 2.08. The summed E-state index contributed by atoms with van der Waals surface area (Å²) in [7, 11) is 4.23. The molecule has 0 bridgehead atoms. The Bertz CT molecular complexity index is 1140. The zero-order valence-electron chi connectivity index (χ0n) is 18.4. The number of aromatic nitrogens is 1. The van der Waals surface area contributed by atoms with E-state index >= 15 is 0 Å². The lowest BCUT2D eigenvalue weighted by Gasteiger charge is -2.11. The van der Waals surface area contributed by atoms with Gasteiger partial charge in [0.25, 0.3) is 0 Å². The van der Waals surface area contributed by atoms with Crippen LogP contribution in [0.1, 0.15) is 33.5 Å². The highest BCUT2D eigenvalue weighted by atomic mass is 16.1. The second-order valence-corrected chi connectivity index (χ2v) is 8.52. The summed E-state index contributed by atoms with van der Waals surface area (Å²) in [5.74, 6) is 0.162. The second kappa shape index (κ2) is 9.76. The minimum absolute atomic E-state index is 0.162. The Kier molecular flexibility index (Phi) is 6.63. The highest BCUT2D eigenvalue weighted by molar-refractivity contribution is 5.97. The van der Waals surface area contributed by atoms with Gasteiger partial charge in [0.1, 0.15) is 0 Å².